The lowest BCUT2D eigenvalue weighted by molar-refractivity contribution is 0.153. The van der Waals surface area contributed by atoms with E-state index in [9.17, 15) is 0 Å². The van der Waals surface area contributed by atoms with Crippen LogP contribution in [0.1, 0.15) is 49.5 Å². The number of rotatable bonds is 11. The average molecular weight is 541 g/mol. The first kappa shape index (κ1) is 26.5. The van der Waals surface area contributed by atoms with Crippen molar-refractivity contribution in [3.63, 3.8) is 0 Å². The molecule has 8 nitrogen and oxygen atoms in total. The lowest BCUT2D eigenvalue weighted by atomic mass is 10.1. The third-order valence-corrected chi connectivity index (χ3v) is 10.2. The van der Waals surface area contributed by atoms with Crippen molar-refractivity contribution in [2.75, 3.05) is 43.4 Å². The summed E-state index contributed by atoms with van der Waals surface area (Å²) in [5, 5.41) is 11.2. The van der Waals surface area contributed by atoms with E-state index in [0.717, 1.165) is 64.9 Å². The summed E-state index contributed by atoms with van der Waals surface area (Å²) in [4.78, 5) is 14.3. The van der Waals surface area contributed by atoms with E-state index in [1.54, 1.807) is 18.4 Å². The Morgan fingerprint density at radius 3 is 2.70 bits per heavy atom. The van der Waals surface area contributed by atoms with Crippen LogP contribution >= 0.6 is 11.3 Å². The van der Waals surface area contributed by atoms with Crippen LogP contribution in [0.2, 0.25) is 25.7 Å². The molecular formula is C27H40N6O2SSi. The molecule has 0 bridgehead atoms. The van der Waals surface area contributed by atoms with E-state index in [-0.39, 0.29) is 0 Å². The average Bonchev–Trinajstić information content (AvgIpc) is 3.65. The molecule has 3 aromatic rings. The largest absolute Gasteiger partial charge is 0.383 e. The lowest BCUT2D eigenvalue weighted by Crippen LogP contribution is -2.32. The second kappa shape index (κ2) is 11.7. The zero-order valence-electron chi connectivity index (χ0n) is 22.7. The summed E-state index contributed by atoms with van der Waals surface area (Å²) in [6.45, 7) is 10.0. The molecule has 3 aromatic heterocycles. The van der Waals surface area contributed by atoms with Crippen LogP contribution in [0.15, 0.2) is 24.4 Å². The van der Waals surface area contributed by atoms with Crippen molar-refractivity contribution in [2.45, 2.75) is 76.2 Å². The predicted molar refractivity (Wildman–Crippen MR) is 154 cm³/mol. The fourth-order valence-electron chi connectivity index (χ4n) is 5.26. The number of hydrogen-bond donors (Lipinski definition) is 0. The molecule has 200 valence electrons. The molecule has 1 saturated heterocycles. The van der Waals surface area contributed by atoms with Crippen LogP contribution in [0.25, 0.3) is 11.0 Å². The Kier molecular flexibility index (Phi) is 8.38. The summed E-state index contributed by atoms with van der Waals surface area (Å²) in [7, 11) is 0.597. The van der Waals surface area contributed by atoms with Gasteiger partial charge >= 0.3 is 0 Å². The van der Waals surface area contributed by atoms with Gasteiger partial charge in [0.05, 0.1) is 35.6 Å². The molecule has 0 spiro atoms. The number of ether oxygens (including phenoxy) is 2. The second-order valence-electron chi connectivity index (χ2n) is 11.5. The molecule has 1 aliphatic heterocycles. The number of aromatic nitrogens is 4. The summed E-state index contributed by atoms with van der Waals surface area (Å²) >= 11 is 1.69. The quantitative estimate of drug-likeness (QED) is 0.162. The molecule has 0 radical (unpaired) electrons. The maximum atomic E-state index is 6.20. The maximum Gasteiger partial charge on any atom is 0.215 e. The molecule has 0 aromatic carbocycles. The molecule has 0 unspecified atom stereocenters. The van der Waals surface area contributed by atoms with Crippen LogP contribution in [-0.2, 0) is 9.47 Å². The normalized spacial score (nSPS) is 18.8. The Labute approximate surface area is 225 Å². The van der Waals surface area contributed by atoms with Gasteiger partial charge in [-0.2, -0.15) is 0 Å². The van der Waals surface area contributed by atoms with E-state index < -0.39 is 8.07 Å². The number of fused-ring (bicyclic) bond motifs is 1. The highest BCUT2D eigenvalue weighted by Gasteiger charge is 2.26. The number of methoxy groups -OCH3 is 1. The minimum Gasteiger partial charge on any atom is -0.383 e. The first-order valence-corrected chi connectivity index (χ1v) is 18.1. The molecule has 1 aliphatic carbocycles. The van der Waals surface area contributed by atoms with E-state index in [0.29, 0.717) is 18.7 Å². The van der Waals surface area contributed by atoms with Crippen molar-refractivity contribution in [2.24, 2.45) is 0 Å². The van der Waals surface area contributed by atoms with E-state index >= 15 is 0 Å². The molecule has 1 saturated carbocycles. The smallest absolute Gasteiger partial charge is 0.215 e. The van der Waals surface area contributed by atoms with Gasteiger partial charge in [-0.25, -0.2) is 4.98 Å². The van der Waals surface area contributed by atoms with Crippen molar-refractivity contribution in [3.05, 3.63) is 29.4 Å². The highest BCUT2D eigenvalue weighted by molar-refractivity contribution is 7.15. The van der Waals surface area contributed by atoms with Gasteiger partial charge in [-0.15, -0.1) is 10.2 Å². The van der Waals surface area contributed by atoms with Gasteiger partial charge in [-0.05, 0) is 49.9 Å². The van der Waals surface area contributed by atoms with Gasteiger partial charge in [0, 0.05) is 34.3 Å². The third kappa shape index (κ3) is 6.47. The highest BCUT2D eigenvalue weighted by Crippen LogP contribution is 2.38. The Balaban J connectivity index is 1.42. The van der Waals surface area contributed by atoms with Gasteiger partial charge in [0.2, 0.25) is 5.13 Å². The van der Waals surface area contributed by atoms with Gasteiger partial charge in [0.25, 0.3) is 0 Å². The Morgan fingerprint density at radius 2 is 1.92 bits per heavy atom. The number of anilines is 3. The zero-order valence-corrected chi connectivity index (χ0v) is 24.5. The topological polar surface area (TPSA) is 76.5 Å². The molecule has 0 amide bonds. The molecule has 37 heavy (non-hydrogen) atoms. The van der Waals surface area contributed by atoms with Crippen LogP contribution in [0.5, 0.6) is 0 Å². The van der Waals surface area contributed by atoms with Crippen LogP contribution in [0.4, 0.5) is 16.6 Å². The molecule has 10 heteroatoms. The molecule has 5 rings (SSSR count). The highest BCUT2D eigenvalue weighted by atomic mass is 32.1. The van der Waals surface area contributed by atoms with Crippen LogP contribution in [0.3, 0.4) is 0 Å². The SMILES string of the molecule is COC[C@@H]1CCCN1c1cnc2ccc(N(COCC[Si](C)(C)C)c3nnc(C4CCCC4)s3)nc2c1. The van der Waals surface area contributed by atoms with E-state index in [1.165, 1.54) is 32.1 Å². The monoisotopic (exact) mass is 540 g/mol. The summed E-state index contributed by atoms with van der Waals surface area (Å²) in [5.41, 5.74) is 2.87. The Hall–Kier alpha value is -2.14. The van der Waals surface area contributed by atoms with Crippen LogP contribution in [-0.4, -0.2) is 67.9 Å². The van der Waals surface area contributed by atoms with Gasteiger partial charge in [-0.1, -0.05) is 43.8 Å². The summed E-state index contributed by atoms with van der Waals surface area (Å²) in [6.07, 6.45) is 9.27. The van der Waals surface area contributed by atoms with E-state index in [1.807, 2.05) is 18.3 Å². The Bertz CT molecular complexity index is 1180. The fourth-order valence-corrected chi connectivity index (χ4v) is 7.03. The van der Waals surface area contributed by atoms with E-state index in [2.05, 4.69) is 45.7 Å². The number of pyridine rings is 2. The molecule has 0 N–H and O–H groups in total. The standard InChI is InChI=1S/C27H40N6O2SSi/c1-34-18-21-10-7-13-32(21)22-16-24-23(28-17-22)11-12-25(29-24)33(19-35-14-15-37(2,3)4)27-31-30-26(36-27)20-8-5-6-9-20/h11-12,16-17,20-21H,5-10,13-15,18-19H2,1-4H3/t21-/m0/s1. The first-order valence-electron chi connectivity index (χ1n) is 13.6. The van der Waals surface area contributed by atoms with E-state index in [4.69, 9.17) is 19.4 Å². The van der Waals surface area contributed by atoms with Gasteiger partial charge in [0.15, 0.2) is 0 Å². The molecule has 2 aliphatic rings. The summed E-state index contributed by atoms with van der Waals surface area (Å²) in [5.74, 6) is 1.36. The summed E-state index contributed by atoms with van der Waals surface area (Å²) in [6, 6.07) is 7.75. The van der Waals surface area contributed by atoms with Crippen molar-refractivity contribution in [1.82, 2.24) is 20.2 Å². The van der Waals surface area contributed by atoms with Gasteiger partial charge in [-0.3, -0.25) is 9.88 Å². The van der Waals surface area contributed by atoms with Gasteiger partial charge in [0.1, 0.15) is 17.6 Å². The minimum atomic E-state index is -1.18. The van der Waals surface area contributed by atoms with Crippen molar-refractivity contribution < 1.29 is 9.47 Å². The molecule has 1 atom stereocenters. The van der Waals surface area contributed by atoms with Crippen molar-refractivity contribution >= 4 is 47.1 Å². The molecular weight excluding hydrogens is 500 g/mol. The lowest BCUT2D eigenvalue weighted by Gasteiger charge is -2.26. The maximum absolute atomic E-state index is 6.20. The van der Waals surface area contributed by atoms with Gasteiger partial charge < -0.3 is 14.4 Å². The summed E-state index contributed by atoms with van der Waals surface area (Å²) < 4.78 is 11.7. The number of nitrogens with zero attached hydrogens (tertiary/aromatic N) is 6. The minimum absolute atomic E-state index is 0.388. The van der Waals surface area contributed by atoms with Crippen molar-refractivity contribution in [1.29, 1.82) is 0 Å². The van der Waals surface area contributed by atoms with Crippen molar-refractivity contribution in [3.8, 4) is 0 Å². The zero-order chi connectivity index (χ0) is 25.8. The molecule has 4 heterocycles. The first-order chi connectivity index (χ1) is 17.9. The van der Waals surface area contributed by atoms with Crippen LogP contribution in [0, 0.1) is 0 Å². The molecule has 2 fully saturated rings. The van der Waals surface area contributed by atoms with Crippen LogP contribution < -0.4 is 9.80 Å². The predicted octanol–water partition coefficient (Wildman–Crippen LogP) is 6.20. The number of hydrogen-bond acceptors (Lipinski definition) is 9. The fraction of sp³-hybridized carbons (Fsp3) is 0.630. The Morgan fingerprint density at radius 1 is 1.08 bits per heavy atom. The second-order valence-corrected chi connectivity index (χ2v) is 18.1. The third-order valence-electron chi connectivity index (χ3n) is 7.43.